The minimum absolute atomic E-state index is 0.0375. The van der Waals surface area contributed by atoms with Gasteiger partial charge in [-0.15, -0.1) is 0 Å². The number of halogens is 1. The molecule has 0 heterocycles. The number of carbonyl (C=O) groups is 2. The predicted molar refractivity (Wildman–Crippen MR) is 117 cm³/mol. The lowest BCUT2D eigenvalue weighted by molar-refractivity contribution is -0.144. The van der Waals surface area contributed by atoms with Crippen LogP contribution in [0.15, 0.2) is 47.4 Å². The van der Waals surface area contributed by atoms with Gasteiger partial charge in [-0.1, -0.05) is 12.8 Å². The first kappa shape index (κ1) is 24.7. The van der Waals surface area contributed by atoms with E-state index in [2.05, 4.69) is 4.72 Å². The summed E-state index contributed by atoms with van der Waals surface area (Å²) in [4.78, 5) is 23.6. The van der Waals surface area contributed by atoms with E-state index in [4.69, 9.17) is 9.47 Å². The Bertz CT molecular complexity index is 1110. The van der Waals surface area contributed by atoms with Gasteiger partial charge in [0.25, 0.3) is 0 Å². The van der Waals surface area contributed by atoms with Crippen molar-refractivity contribution in [3.8, 4) is 11.5 Å². The van der Waals surface area contributed by atoms with Gasteiger partial charge in [0.15, 0.2) is 0 Å². The molecule has 0 unspecified atom stereocenters. The maximum absolute atomic E-state index is 13.2. The topological polar surface area (TPSA) is 119 Å². The van der Waals surface area contributed by atoms with Crippen molar-refractivity contribution in [3.63, 3.8) is 0 Å². The Balaban J connectivity index is 1.93. The summed E-state index contributed by atoms with van der Waals surface area (Å²) in [6, 6.07) is 9.52. The van der Waals surface area contributed by atoms with E-state index < -0.39 is 33.3 Å². The first-order chi connectivity index (χ1) is 15.6. The van der Waals surface area contributed by atoms with Crippen LogP contribution in [-0.2, 0) is 30.8 Å². The van der Waals surface area contributed by atoms with Crippen molar-refractivity contribution in [1.82, 2.24) is 4.72 Å². The molecule has 0 aromatic heterocycles. The first-order valence-corrected chi connectivity index (χ1v) is 12.1. The van der Waals surface area contributed by atoms with E-state index in [1.54, 1.807) is 6.92 Å². The zero-order valence-electron chi connectivity index (χ0n) is 18.2. The molecule has 3 rings (SSSR count). The smallest absolute Gasteiger partial charge is 0.324 e. The standard InChI is InChI=1S/C23H26FNO7S/c1-2-31-21(26)12-5-16-15-19(32-18-8-6-17(24)7-9-18)10-11-20(16)33(29,30)25-23(22(27)28)13-3-4-14-23/h6-11,15,25H,2-5,12-14H2,1H3,(H,27,28). The van der Waals surface area contributed by atoms with Gasteiger partial charge in [0, 0.05) is 6.42 Å². The van der Waals surface area contributed by atoms with Crippen LogP contribution >= 0.6 is 0 Å². The molecule has 2 aromatic rings. The van der Waals surface area contributed by atoms with Crippen molar-refractivity contribution in [3.05, 3.63) is 53.8 Å². The number of hydrogen-bond donors (Lipinski definition) is 2. The summed E-state index contributed by atoms with van der Waals surface area (Å²) >= 11 is 0. The number of sulfonamides is 1. The number of aryl methyl sites for hydroxylation is 1. The molecule has 0 spiro atoms. The molecule has 1 aliphatic carbocycles. The highest BCUT2D eigenvalue weighted by Gasteiger charge is 2.45. The van der Waals surface area contributed by atoms with E-state index >= 15 is 0 Å². The number of ether oxygens (including phenoxy) is 2. The molecule has 0 amide bonds. The molecule has 0 bridgehead atoms. The van der Waals surface area contributed by atoms with Crippen molar-refractivity contribution >= 4 is 22.0 Å². The van der Waals surface area contributed by atoms with E-state index in [1.165, 1.54) is 42.5 Å². The third kappa shape index (κ3) is 6.08. The van der Waals surface area contributed by atoms with Crippen LogP contribution in [0.1, 0.15) is 44.6 Å². The summed E-state index contributed by atoms with van der Waals surface area (Å²) in [5.74, 6) is -1.50. The van der Waals surface area contributed by atoms with E-state index in [-0.39, 0.29) is 48.5 Å². The van der Waals surface area contributed by atoms with Crippen molar-refractivity contribution in [2.24, 2.45) is 0 Å². The molecule has 2 N–H and O–H groups in total. The van der Waals surface area contributed by atoms with Gasteiger partial charge in [0.05, 0.1) is 11.5 Å². The van der Waals surface area contributed by atoms with Gasteiger partial charge in [-0.25, -0.2) is 12.8 Å². The number of hydrogen-bond acceptors (Lipinski definition) is 6. The van der Waals surface area contributed by atoms with Crippen LogP contribution in [0.4, 0.5) is 4.39 Å². The van der Waals surface area contributed by atoms with Gasteiger partial charge in [-0.3, -0.25) is 9.59 Å². The highest BCUT2D eigenvalue weighted by Crippen LogP contribution is 2.33. The number of esters is 1. The Kier molecular flexibility index (Phi) is 7.70. The molecule has 1 fully saturated rings. The van der Waals surface area contributed by atoms with Crippen molar-refractivity contribution in [1.29, 1.82) is 0 Å². The summed E-state index contributed by atoms with van der Waals surface area (Å²) < 4.78 is 52.6. The summed E-state index contributed by atoms with van der Waals surface area (Å²) in [5, 5.41) is 9.67. The number of carboxylic acids is 1. The van der Waals surface area contributed by atoms with Gasteiger partial charge < -0.3 is 14.6 Å². The zero-order valence-corrected chi connectivity index (χ0v) is 19.0. The van der Waals surface area contributed by atoms with E-state index in [0.29, 0.717) is 18.6 Å². The number of carboxylic acid groups (broad SMARTS) is 1. The average Bonchev–Trinajstić information content (AvgIpc) is 3.23. The molecule has 0 radical (unpaired) electrons. The number of rotatable bonds is 10. The lowest BCUT2D eigenvalue weighted by Crippen LogP contribution is -2.52. The number of aliphatic carboxylic acids is 1. The molecule has 33 heavy (non-hydrogen) atoms. The van der Waals surface area contributed by atoms with Gasteiger partial charge in [0.1, 0.15) is 22.9 Å². The van der Waals surface area contributed by atoms with Crippen LogP contribution in [0.2, 0.25) is 0 Å². The molecule has 2 aromatic carbocycles. The Morgan fingerprint density at radius 2 is 1.73 bits per heavy atom. The molecule has 10 heteroatoms. The number of benzene rings is 2. The summed E-state index contributed by atoms with van der Waals surface area (Å²) in [5.41, 5.74) is -1.28. The maximum Gasteiger partial charge on any atom is 0.324 e. The lowest BCUT2D eigenvalue weighted by atomic mass is 10.0. The van der Waals surface area contributed by atoms with E-state index in [0.717, 1.165) is 0 Å². The largest absolute Gasteiger partial charge is 0.480 e. The predicted octanol–water partition coefficient (Wildman–Crippen LogP) is 3.79. The number of carbonyl (C=O) groups excluding carboxylic acids is 1. The minimum atomic E-state index is -4.22. The van der Waals surface area contributed by atoms with Gasteiger partial charge in [-0.05, 0) is 74.2 Å². The van der Waals surface area contributed by atoms with Crippen molar-refractivity contribution in [2.75, 3.05) is 6.61 Å². The fourth-order valence-electron chi connectivity index (χ4n) is 3.84. The molecular weight excluding hydrogens is 453 g/mol. The van der Waals surface area contributed by atoms with Gasteiger partial charge in [-0.2, -0.15) is 4.72 Å². The van der Waals surface area contributed by atoms with Crippen LogP contribution in [0.25, 0.3) is 0 Å². The highest BCUT2D eigenvalue weighted by atomic mass is 32.2. The third-order valence-corrected chi connectivity index (χ3v) is 7.11. The highest BCUT2D eigenvalue weighted by molar-refractivity contribution is 7.89. The quantitative estimate of drug-likeness (QED) is 0.498. The molecule has 1 aliphatic rings. The Morgan fingerprint density at radius 1 is 1.09 bits per heavy atom. The van der Waals surface area contributed by atoms with Crippen molar-refractivity contribution < 1.29 is 37.0 Å². The normalized spacial score (nSPS) is 15.2. The summed E-state index contributed by atoms with van der Waals surface area (Å²) in [6.45, 7) is 1.86. The average molecular weight is 480 g/mol. The van der Waals surface area contributed by atoms with Crippen LogP contribution < -0.4 is 9.46 Å². The molecule has 0 saturated heterocycles. The third-order valence-electron chi connectivity index (χ3n) is 5.47. The van der Waals surface area contributed by atoms with E-state index in [1.807, 2.05) is 0 Å². The van der Waals surface area contributed by atoms with Crippen LogP contribution in [-0.4, -0.2) is 37.6 Å². The van der Waals surface area contributed by atoms with E-state index in [9.17, 15) is 27.5 Å². The lowest BCUT2D eigenvalue weighted by Gasteiger charge is -2.25. The van der Waals surface area contributed by atoms with Gasteiger partial charge in [0.2, 0.25) is 10.0 Å². The zero-order chi connectivity index (χ0) is 24.1. The van der Waals surface area contributed by atoms with Crippen LogP contribution in [0.3, 0.4) is 0 Å². The maximum atomic E-state index is 13.2. The van der Waals surface area contributed by atoms with Gasteiger partial charge >= 0.3 is 11.9 Å². The Hall–Kier alpha value is -2.98. The molecule has 178 valence electrons. The fraction of sp³-hybridized carbons (Fsp3) is 0.391. The van der Waals surface area contributed by atoms with Crippen LogP contribution in [0.5, 0.6) is 11.5 Å². The molecule has 1 saturated carbocycles. The molecular formula is C23H26FNO7S. The Morgan fingerprint density at radius 3 is 2.33 bits per heavy atom. The summed E-state index contributed by atoms with van der Waals surface area (Å²) in [6.07, 6.45) is 1.58. The van der Waals surface area contributed by atoms with Crippen molar-refractivity contribution in [2.45, 2.75) is 55.9 Å². The first-order valence-electron chi connectivity index (χ1n) is 10.6. The molecule has 8 nitrogen and oxygen atoms in total. The van der Waals surface area contributed by atoms with Crippen LogP contribution in [0, 0.1) is 5.82 Å². The summed E-state index contributed by atoms with van der Waals surface area (Å²) in [7, 11) is -4.22. The number of nitrogens with one attached hydrogen (secondary N) is 1. The Labute approximate surface area is 191 Å². The fourth-order valence-corrected chi connectivity index (χ4v) is 5.50. The minimum Gasteiger partial charge on any atom is -0.480 e. The second-order valence-corrected chi connectivity index (χ2v) is 9.48. The molecule has 0 atom stereocenters. The second kappa shape index (κ2) is 10.3. The molecule has 0 aliphatic heterocycles. The second-order valence-electron chi connectivity index (χ2n) is 7.83. The monoisotopic (exact) mass is 479 g/mol. The SMILES string of the molecule is CCOC(=O)CCc1cc(Oc2ccc(F)cc2)ccc1S(=O)(=O)NC1(C(=O)O)CCCC1.